The molecule has 1 aromatic rings. The Balaban J connectivity index is 1.45. The minimum absolute atomic E-state index is 0.179. The second kappa shape index (κ2) is 7.83. The number of amides is 1. The molecule has 2 aliphatic heterocycles. The molecule has 0 unspecified atom stereocenters. The van der Waals surface area contributed by atoms with Gasteiger partial charge in [-0.25, -0.2) is 0 Å². The maximum atomic E-state index is 12.2. The van der Waals surface area contributed by atoms with Gasteiger partial charge in [0.25, 0.3) is 0 Å². The summed E-state index contributed by atoms with van der Waals surface area (Å²) in [5.74, 6) is 0.829. The van der Waals surface area contributed by atoms with Crippen molar-refractivity contribution in [1.29, 1.82) is 0 Å². The molecule has 0 N–H and O–H groups in total. The molecule has 0 aromatic carbocycles. The van der Waals surface area contributed by atoms with E-state index in [0.717, 1.165) is 43.5 Å². The number of ether oxygens (including phenoxy) is 2. The Morgan fingerprint density at radius 3 is 2.96 bits per heavy atom. The average Bonchev–Trinajstić information content (AvgIpc) is 2.56. The van der Waals surface area contributed by atoms with Crippen molar-refractivity contribution in [3.63, 3.8) is 0 Å². The van der Waals surface area contributed by atoms with Crippen molar-refractivity contribution in [3.8, 4) is 0 Å². The molecule has 3 heterocycles. The van der Waals surface area contributed by atoms with E-state index in [-0.39, 0.29) is 17.6 Å². The number of carbonyl (C=O) groups is 1. The van der Waals surface area contributed by atoms with E-state index in [1.807, 2.05) is 24.2 Å². The van der Waals surface area contributed by atoms with E-state index in [4.69, 9.17) is 9.47 Å². The van der Waals surface area contributed by atoms with Crippen LogP contribution in [0.2, 0.25) is 0 Å². The summed E-state index contributed by atoms with van der Waals surface area (Å²) in [5, 5.41) is 0. The molecule has 0 aliphatic carbocycles. The highest BCUT2D eigenvalue weighted by atomic mass is 16.5. The smallest absolute Gasteiger partial charge is 0.222 e. The van der Waals surface area contributed by atoms with Crippen LogP contribution in [0.3, 0.4) is 0 Å². The summed E-state index contributed by atoms with van der Waals surface area (Å²) < 4.78 is 12.1. The summed E-state index contributed by atoms with van der Waals surface area (Å²) in [6, 6.07) is 2.11. The number of nitrogens with zero attached hydrogens (tertiary/aromatic N) is 2. The van der Waals surface area contributed by atoms with E-state index >= 15 is 0 Å². The van der Waals surface area contributed by atoms with Gasteiger partial charge in [-0.2, -0.15) is 0 Å². The number of pyridine rings is 1. The van der Waals surface area contributed by atoms with Gasteiger partial charge in [0.05, 0.1) is 25.8 Å². The second-order valence-electron chi connectivity index (χ2n) is 8.01. The quantitative estimate of drug-likeness (QED) is 0.794. The summed E-state index contributed by atoms with van der Waals surface area (Å²) in [5.41, 5.74) is 2.08. The monoisotopic (exact) mass is 346 g/mol. The third-order valence-corrected chi connectivity index (χ3v) is 5.11. The lowest BCUT2D eigenvalue weighted by molar-refractivity contribution is -0.202. The van der Waals surface area contributed by atoms with Gasteiger partial charge >= 0.3 is 0 Å². The third-order valence-electron chi connectivity index (χ3n) is 5.11. The summed E-state index contributed by atoms with van der Waals surface area (Å²) >= 11 is 0. The van der Waals surface area contributed by atoms with Gasteiger partial charge < -0.3 is 14.4 Å². The van der Waals surface area contributed by atoms with E-state index in [1.165, 1.54) is 0 Å². The highest BCUT2D eigenvalue weighted by Gasteiger charge is 2.49. The van der Waals surface area contributed by atoms with Gasteiger partial charge in [0.2, 0.25) is 5.91 Å². The van der Waals surface area contributed by atoms with Crippen LogP contribution in [0.5, 0.6) is 0 Å². The van der Waals surface area contributed by atoms with E-state index in [2.05, 4.69) is 24.9 Å². The minimum Gasteiger partial charge on any atom is -0.373 e. The number of hydrogen-bond donors (Lipinski definition) is 0. The van der Waals surface area contributed by atoms with Gasteiger partial charge in [0.1, 0.15) is 5.60 Å². The van der Waals surface area contributed by atoms with Crippen LogP contribution >= 0.6 is 0 Å². The maximum absolute atomic E-state index is 12.2. The number of hydrogen-bond acceptors (Lipinski definition) is 4. The summed E-state index contributed by atoms with van der Waals surface area (Å²) in [4.78, 5) is 18.4. The third kappa shape index (κ3) is 4.79. The lowest BCUT2D eigenvalue weighted by Crippen LogP contribution is -2.67. The van der Waals surface area contributed by atoms with Crippen molar-refractivity contribution in [2.75, 3.05) is 19.7 Å². The molecule has 5 nitrogen and oxygen atoms in total. The zero-order chi connectivity index (χ0) is 17.9. The molecule has 2 aliphatic rings. The highest BCUT2D eigenvalue weighted by molar-refractivity contribution is 5.77. The number of likely N-dealkylation sites (tertiary alicyclic amines) is 1. The number of aromatic nitrogens is 1. The maximum Gasteiger partial charge on any atom is 0.222 e. The summed E-state index contributed by atoms with van der Waals surface area (Å²) in [7, 11) is 0. The van der Waals surface area contributed by atoms with Gasteiger partial charge in [-0.05, 0) is 36.8 Å². The lowest BCUT2D eigenvalue weighted by atomic mass is 9.84. The van der Waals surface area contributed by atoms with Crippen LogP contribution < -0.4 is 0 Å². The Hall–Kier alpha value is -1.46. The fourth-order valence-corrected chi connectivity index (χ4v) is 3.65. The van der Waals surface area contributed by atoms with Gasteiger partial charge in [0.15, 0.2) is 0 Å². The van der Waals surface area contributed by atoms with Crippen molar-refractivity contribution < 1.29 is 14.3 Å². The van der Waals surface area contributed by atoms with Crippen molar-refractivity contribution in [3.05, 3.63) is 29.6 Å². The van der Waals surface area contributed by atoms with Crippen LogP contribution in [0, 0.1) is 12.8 Å². The first-order valence-electron chi connectivity index (χ1n) is 9.40. The predicted molar refractivity (Wildman–Crippen MR) is 96.1 cm³/mol. The summed E-state index contributed by atoms with van der Waals surface area (Å²) in [6.45, 7) is 9.09. The number of aryl methyl sites for hydroxylation is 1. The molecule has 138 valence electrons. The van der Waals surface area contributed by atoms with Gasteiger partial charge in [-0.3, -0.25) is 9.78 Å². The Bertz CT molecular complexity index is 596. The minimum atomic E-state index is -0.179. The van der Waals surface area contributed by atoms with Gasteiger partial charge in [0, 0.05) is 31.8 Å². The first kappa shape index (κ1) is 18.3. The molecule has 1 amide bonds. The number of carbonyl (C=O) groups excluding carboxylic acids is 1. The van der Waals surface area contributed by atoms with Crippen molar-refractivity contribution >= 4 is 5.91 Å². The largest absolute Gasteiger partial charge is 0.373 e. The zero-order valence-corrected chi connectivity index (χ0v) is 15.7. The molecular weight excluding hydrogens is 316 g/mol. The molecule has 0 bridgehead atoms. The molecule has 2 saturated heterocycles. The van der Waals surface area contributed by atoms with Crippen LogP contribution in [0.25, 0.3) is 0 Å². The summed E-state index contributed by atoms with van der Waals surface area (Å²) in [6.07, 6.45) is 7.31. The molecule has 3 rings (SSSR count). The predicted octanol–water partition coefficient (Wildman–Crippen LogP) is 3.10. The van der Waals surface area contributed by atoms with Crippen molar-refractivity contribution in [2.24, 2.45) is 5.92 Å². The van der Waals surface area contributed by atoms with Gasteiger partial charge in [-0.15, -0.1) is 0 Å². The molecule has 1 spiro atoms. The second-order valence-corrected chi connectivity index (χ2v) is 8.01. The molecule has 0 saturated carbocycles. The van der Waals surface area contributed by atoms with Crippen LogP contribution in [0.15, 0.2) is 18.5 Å². The normalized spacial score (nSPS) is 22.2. The van der Waals surface area contributed by atoms with Crippen LogP contribution in [-0.2, 0) is 20.9 Å². The Labute approximate surface area is 150 Å². The van der Waals surface area contributed by atoms with Crippen molar-refractivity contribution in [2.45, 2.75) is 64.8 Å². The molecule has 25 heavy (non-hydrogen) atoms. The Kier molecular flexibility index (Phi) is 5.74. The first-order valence-corrected chi connectivity index (χ1v) is 9.40. The fourth-order valence-electron chi connectivity index (χ4n) is 3.65. The topological polar surface area (TPSA) is 51.7 Å². The lowest BCUT2D eigenvalue weighted by Gasteiger charge is -2.53. The standard InChI is InChI=1S/C20H30N2O3/c1-15(2)4-5-19(23)22-13-20(14-22)9-18(6-7-25-20)24-12-17-8-16(3)10-21-11-17/h8,10-11,15,18H,4-7,9,12-14H2,1-3H3/t18-/m0/s1. The van der Waals surface area contributed by atoms with E-state index in [0.29, 0.717) is 25.6 Å². The molecular formula is C20H30N2O3. The van der Waals surface area contributed by atoms with Crippen molar-refractivity contribution in [1.82, 2.24) is 9.88 Å². The molecule has 1 atom stereocenters. The van der Waals surface area contributed by atoms with E-state index < -0.39 is 0 Å². The number of rotatable bonds is 6. The van der Waals surface area contributed by atoms with E-state index in [1.54, 1.807) is 0 Å². The average molecular weight is 346 g/mol. The molecule has 2 fully saturated rings. The van der Waals surface area contributed by atoms with Crippen LogP contribution in [0.4, 0.5) is 0 Å². The molecule has 5 heteroatoms. The fraction of sp³-hybridized carbons (Fsp3) is 0.700. The molecule has 0 radical (unpaired) electrons. The Morgan fingerprint density at radius 1 is 1.44 bits per heavy atom. The van der Waals surface area contributed by atoms with E-state index in [9.17, 15) is 4.79 Å². The first-order chi connectivity index (χ1) is 12.0. The van der Waals surface area contributed by atoms with Gasteiger partial charge in [-0.1, -0.05) is 19.9 Å². The van der Waals surface area contributed by atoms with Crippen LogP contribution in [0.1, 0.15) is 50.7 Å². The Morgan fingerprint density at radius 2 is 2.24 bits per heavy atom. The highest BCUT2D eigenvalue weighted by Crippen LogP contribution is 2.36. The zero-order valence-electron chi connectivity index (χ0n) is 15.7. The SMILES string of the molecule is Cc1cncc(CO[C@H]2CCOC3(C2)CN(C(=O)CCC(C)C)C3)c1. The molecule has 1 aromatic heterocycles. The van der Waals surface area contributed by atoms with Crippen LogP contribution in [-0.4, -0.2) is 47.2 Å².